The van der Waals surface area contributed by atoms with Crippen LogP contribution in [0.15, 0.2) is 35.6 Å². The van der Waals surface area contributed by atoms with E-state index in [-0.39, 0.29) is 29.8 Å². The topological polar surface area (TPSA) is 61.8 Å². The molecule has 4 aliphatic carbocycles. The fraction of sp³-hybridized carbons (Fsp3) is 0.696. The molecule has 2 fully saturated rings. The van der Waals surface area contributed by atoms with Gasteiger partial charge in [0.15, 0.2) is 5.78 Å². The molecule has 0 bridgehead atoms. The minimum absolute atomic E-state index is 0.0201. The van der Waals surface area contributed by atoms with Gasteiger partial charge in [-0.1, -0.05) is 25.5 Å². The number of rotatable bonds is 6. The van der Waals surface area contributed by atoms with Gasteiger partial charge in [0, 0.05) is 10.8 Å². The monoisotopic (exact) mass is 420 g/mol. The summed E-state index contributed by atoms with van der Waals surface area (Å²) in [6.45, 7) is 8.72. The van der Waals surface area contributed by atoms with Crippen molar-refractivity contribution in [3.63, 3.8) is 0 Å². The van der Waals surface area contributed by atoms with Crippen LogP contribution in [0, 0.1) is 28.6 Å². The number of allylic oxidation sites excluding steroid dienone is 6. The lowest BCUT2D eigenvalue weighted by Gasteiger charge is -2.56. The van der Waals surface area contributed by atoms with E-state index in [0.717, 1.165) is 37.9 Å². The molecule has 4 rings (SSSR count). The zero-order chi connectivity index (χ0) is 20.9. The zero-order valence-corrected chi connectivity index (χ0v) is 18.9. The van der Waals surface area contributed by atoms with Crippen molar-refractivity contribution in [2.24, 2.45) is 28.6 Å². The van der Waals surface area contributed by atoms with Gasteiger partial charge in [-0.2, -0.15) is 0 Å². The second kappa shape index (κ2) is 7.51. The van der Waals surface area contributed by atoms with Crippen molar-refractivity contribution in [3.05, 3.63) is 35.6 Å². The van der Waals surface area contributed by atoms with E-state index in [1.165, 1.54) is 5.57 Å². The van der Waals surface area contributed by atoms with Crippen LogP contribution >= 0.6 is 7.82 Å². The summed E-state index contributed by atoms with van der Waals surface area (Å²) in [7, 11) is -3.58. The quantitative estimate of drug-likeness (QED) is 0.494. The number of hydrogen-bond acceptors (Lipinski definition) is 5. The molecule has 5 nitrogen and oxygen atoms in total. The molecule has 0 spiro atoms. The Morgan fingerprint density at radius 1 is 1.14 bits per heavy atom. The molecule has 0 heterocycles. The van der Waals surface area contributed by atoms with Crippen molar-refractivity contribution >= 4 is 13.6 Å². The third kappa shape index (κ3) is 3.40. The summed E-state index contributed by atoms with van der Waals surface area (Å²) in [5.41, 5.74) is 1.14. The maximum Gasteiger partial charge on any atom is 0.529 e. The fourth-order valence-electron chi connectivity index (χ4n) is 6.39. The first-order valence-electron chi connectivity index (χ1n) is 11.0. The Labute approximate surface area is 174 Å². The van der Waals surface area contributed by atoms with Crippen molar-refractivity contribution < 1.29 is 22.9 Å². The molecule has 160 valence electrons. The molecular weight excluding hydrogens is 387 g/mol. The molecule has 0 radical (unpaired) electrons. The first-order valence-corrected chi connectivity index (χ1v) is 12.5. The highest BCUT2D eigenvalue weighted by molar-refractivity contribution is 7.48. The van der Waals surface area contributed by atoms with Crippen LogP contribution in [0.4, 0.5) is 0 Å². The van der Waals surface area contributed by atoms with Crippen LogP contribution in [0.25, 0.3) is 0 Å². The highest BCUT2D eigenvalue weighted by atomic mass is 31.2. The van der Waals surface area contributed by atoms with Crippen LogP contribution in [0.1, 0.15) is 59.8 Å². The van der Waals surface area contributed by atoms with Gasteiger partial charge in [-0.05, 0) is 81.9 Å². The van der Waals surface area contributed by atoms with E-state index in [0.29, 0.717) is 17.8 Å². The van der Waals surface area contributed by atoms with E-state index in [2.05, 4.69) is 26.0 Å². The normalized spacial score (nSPS) is 38.6. The molecule has 4 aliphatic rings. The van der Waals surface area contributed by atoms with E-state index >= 15 is 0 Å². The van der Waals surface area contributed by atoms with E-state index < -0.39 is 7.82 Å². The summed E-state index contributed by atoms with van der Waals surface area (Å²) in [6, 6.07) is 0. The molecule has 0 aromatic heterocycles. The Morgan fingerprint density at radius 2 is 1.86 bits per heavy atom. The SMILES string of the molecule is CCOP(=O)(OCC)OC1=CC[C@H]2[C@@H]3CCC4=CC(=O)C=C[C@]4(C)[C@H]3CC[C@]12C. The fourth-order valence-corrected chi connectivity index (χ4v) is 7.73. The smallest absolute Gasteiger partial charge is 0.408 e. The number of carbonyl (C=O) groups excluding carboxylic acids is 1. The third-order valence-electron chi connectivity index (χ3n) is 7.85. The molecule has 0 saturated heterocycles. The lowest BCUT2D eigenvalue weighted by atomic mass is 9.48. The average Bonchev–Trinajstić information content (AvgIpc) is 2.99. The molecule has 0 N–H and O–H groups in total. The molecule has 0 aliphatic heterocycles. The first kappa shape index (κ1) is 21.1. The van der Waals surface area contributed by atoms with Crippen molar-refractivity contribution in [1.82, 2.24) is 0 Å². The summed E-state index contributed by atoms with van der Waals surface area (Å²) in [4.78, 5) is 11.9. The predicted molar refractivity (Wildman–Crippen MR) is 112 cm³/mol. The molecule has 5 atom stereocenters. The zero-order valence-electron chi connectivity index (χ0n) is 18.0. The van der Waals surface area contributed by atoms with E-state index in [1.54, 1.807) is 19.9 Å². The number of hydrogen-bond donors (Lipinski definition) is 0. The predicted octanol–water partition coefficient (Wildman–Crippen LogP) is 5.99. The maximum atomic E-state index is 13.0. The number of phosphoric acid groups is 1. The number of ketones is 1. The first-order chi connectivity index (χ1) is 13.8. The van der Waals surface area contributed by atoms with Gasteiger partial charge in [0.05, 0.1) is 13.2 Å². The standard InChI is InChI=1S/C23H33O5P/c1-5-26-29(25,27-6-2)28-21-10-9-19-18-8-7-16-15-17(24)11-13-22(16,3)20(18)12-14-23(19,21)4/h10-11,13,15,18-20H,5-9,12,14H2,1-4H3/t18-,19-,20-,22-,23-/m0/s1. The van der Waals surface area contributed by atoms with Gasteiger partial charge in [-0.25, -0.2) is 4.57 Å². The van der Waals surface area contributed by atoms with E-state index in [1.807, 2.05) is 6.08 Å². The number of carbonyl (C=O) groups is 1. The molecular formula is C23H33O5P. The molecule has 0 aromatic rings. The molecule has 0 amide bonds. The maximum absolute atomic E-state index is 13.0. The van der Waals surface area contributed by atoms with Gasteiger partial charge in [0.25, 0.3) is 0 Å². The Morgan fingerprint density at radius 3 is 2.55 bits per heavy atom. The van der Waals surface area contributed by atoms with E-state index in [4.69, 9.17) is 13.6 Å². The Balaban J connectivity index is 1.57. The van der Waals surface area contributed by atoms with Crippen LogP contribution in [-0.2, 0) is 22.9 Å². The molecule has 29 heavy (non-hydrogen) atoms. The summed E-state index contributed by atoms with van der Waals surface area (Å²) >= 11 is 0. The second-order valence-electron chi connectivity index (χ2n) is 9.24. The Hall–Kier alpha value is -1.16. The highest BCUT2D eigenvalue weighted by Gasteiger charge is 2.58. The van der Waals surface area contributed by atoms with Crippen LogP contribution in [0.2, 0.25) is 0 Å². The van der Waals surface area contributed by atoms with Gasteiger partial charge in [-0.3, -0.25) is 13.8 Å². The summed E-state index contributed by atoms with van der Waals surface area (Å²) < 4.78 is 29.7. The lowest BCUT2D eigenvalue weighted by Crippen LogP contribution is -2.49. The van der Waals surface area contributed by atoms with E-state index in [9.17, 15) is 9.36 Å². The van der Waals surface area contributed by atoms with Crippen molar-refractivity contribution in [2.75, 3.05) is 13.2 Å². The lowest BCUT2D eigenvalue weighted by molar-refractivity contribution is -0.111. The van der Waals surface area contributed by atoms with Gasteiger partial charge >= 0.3 is 7.82 Å². The number of phosphoric ester groups is 1. The van der Waals surface area contributed by atoms with Gasteiger partial charge < -0.3 is 4.52 Å². The van der Waals surface area contributed by atoms with Crippen molar-refractivity contribution in [2.45, 2.75) is 59.8 Å². The summed E-state index contributed by atoms with van der Waals surface area (Å²) in [6.07, 6.45) is 13.0. The van der Waals surface area contributed by atoms with Crippen LogP contribution in [-0.4, -0.2) is 19.0 Å². The van der Waals surface area contributed by atoms with Gasteiger partial charge in [0.1, 0.15) is 5.76 Å². The molecule has 6 heteroatoms. The Bertz CT molecular complexity index is 817. The second-order valence-corrected chi connectivity index (χ2v) is 10.8. The van der Waals surface area contributed by atoms with Crippen LogP contribution in [0.3, 0.4) is 0 Å². The molecule has 0 aromatic carbocycles. The van der Waals surface area contributed by atoms with Crippen LogP contribution < -0.4 is 0 Å². The summed E-state index contributed by atoms with van der Waals surface area (Å²) in [5.74, 6) is 2.45. The van der Waals surface area contributed by atoms with Crippen molar-refractivity contribution in [3.8, 4) is 0 Å². The molecule has 0 unspecified atom stereocenters. The number of fused-ring (bicyclic) bond motifs is 5. The minimum Gasteiger partial charge on any atom is -0.408 e. The largest absolute Gasteiger partial charge is 0.529 e. The highest BCUT2D eigenvalue weighted by Crippen LogP contribution is 2.66. The molecule has 2 saturated carbocycles. The van der Waals surface area contributed by atoms with Crippen LogP contribution in [0.5, 0.6) is 0 Å². The Kier molecular flexibility index (Phi) is 5.46. The van der Waals surface area contributed by atoms with Gasteiger partial charge in [0.2, 0.25) is 0 Å². The average molecular weight is 420 g/mol. The van der Waals surface area contributed by atoms with Gasteiger partial charge in [-0.15, -0.1) is 0 Å². The minimum atomic E-state index is -3.58. The third-order valence-corrected chi connectivity index (χ3v) is 9.42. The summed E-state index contributed by atoms with van der Waals surface area (Å²) in [5, 5.41) is 0. The van der Waals surface area contributed by atoms with Crippen molar-refractivity contribution in [1.29, 1.82) is 0 Å².